The first-order chi connectivity index (χ1) is 14.4. The molecule has 3 rings (SSSR count). The van der Waals surface area contributed by atoms with Crippen LogP contribution < -0.4 is 10.6 Å². The third-order valence-electron chi connectivity index (χ3n) is 5.30. The Balaban J connectivity index is 1.67. The van der Waals surface area contributed by atoms with Crippen LogP contribution in [0.15, 0.2) is 54.6 Å². The summed E-state index contributed by atoms with van der Waals surface area (Å²) in [5.74, 6) is -1.09. The molecule has 0 unspecified atom stereocenters. The van der Waals surface area contributed by atoms with Gasteiger partial charge in [0, 0.05) is 38.0 Å². The molecule has 0 bridgehead atoms. The van der Waals surface area contributed by atoms with E-state index >= 15 is 0 Å². The van der Waals surface area contributed by atoms with Crippen LogP contribution in [0.1, 0.15) is 35.7 Å². The van der Waals surface area contributed by atoms with Crippen LogP contribution in [-0.4, -0.2) is 47.8 Å². The lowest BCUT2D eigenvalue weighted by atomic mass is 10.0. The quantitative estimate of drug-likeness (QED) is 0.766. The third kappa shape index (κ3) is 5.89. The van der Waals surface area contributed by atoms with Gasteiger partial charge in [0.2, 0.25) is 11.8 Å². The maximum absolute atomic E-state index is 13.1. The van der Waals surface area contributed by atoms with Crippen LogP contribution in [0.4, 0.5) is 4.39 Å². The highest BCUT2D eigenvalue weighted by molar-refractivity contribution is 5.97. The summed E-state index contributed by atoms with van der Waals surface area (Å²) < 4.78 is 13.1. The van der Waals surface area contributed by atoms with Crippen molar-refractivity contribution in [3.05, 3.63) is 71.5 Å². The fraction of sp³-hybridized carbons (Fsp3) is 0.348. The largest absolute Gasteiger partial charge is 0.351 e. The molecule has 0 aromatic heterocycles. The van der Waals surface area contributed by atoms with Gasteiger partial charge in [-0.25, -0.2) is 4.39 Å². The zero-order valence-corrected chi connectivity index (χ0v) is 16.9. The number of benzene rings is 2. The molecule has 0 radical (unpaired) electrons. The topological polar surface area (TPSA) is 78.5 Å². The first-order valence-corrected chi connectivity index (χ1v) is 10.1. The summed E-state index contributed by atoms with van der Waals surface area (Å²) in [7, 11) is 0. The number of hydrogen-bond donors (Lipinski definition) is 2. The molecule has 2 aromatic rings. The molecule has 0 spiro atoms. The zero-order valence-electron chi connectivity index (χ0n) is 16.9. The predicted molar refractivity (Wildman–Crippen MR) is 111 cm³/mol. The molecule has 2 N–H and O–H groups in total. The molecule has 1 atom stereocenters. The van der Waals surface area contributed by atoms with Gasteiger partial charge in [-0.1, -0.05) is 30.3 Å². The Kier molecular flexibility index (Phi) is 7.17. The maximum Gasteiger partial charge on any atom is 0.251 e. The Morgan fingerprint density at radius 1 is 1.03 bits per heavy atom. The molecule has 0 saturated carbocycles. The first kappa shape index (κ1) is 21.5. The van der Waals surface area contributed by atoms with Gasteiger partial charge in [-0.2, -0.15) is 0 Å². The van der Waals surface area contributed by atoms with Crippen LogP contribution in [0.3, 0.4) is 0 Å². The van der Waals surface area contributed by atoms with E-state index in [4.69, 9.17) is 0 Å². The van der Waals surface area contributed by atoms with E-state index < -0.39 is 17.8 Å². The molecule has 0 aliphatic carbocycles. The van der Waals surface area contributed by atoms with E-state index in [1.54, 1.807) is 11.8 Å². The monoisotopic (exact) mass is 411 g/mol. The Hall–Kier alpha value is -3.22. The van der Waals surface area contributed by atoms with Crippen LogP contribution in [0, 0.1) is 5.82 Å². The van der Waals surface area contributed by atoms with Gasteiger partial charge in [0.25, 0.3) is 5.91 Å². The van der Waals surface area contributed by atoms with Crippen molar-refractivity contribution in [1.82, 2.24) is 15.5 Å². The van der Waals surface area contributed by atoms with Crippen molar-refractivity contribution >= 4 is 17.7 Å². The van der Waals surface area contributed by atoms with Gasteiger partial charge in [-0.3, -0.25) is 14.4 Å². The van der Waals surface area contributed by atoms with Crippen molar-refractivity contribution in [3.63, 3.8) is 0 Å². The summed E-state index contributed by atoms with van der Waals surface area (Å²) in [6.07, 6.45) is 1.69. The number of rotatable bonds is 6. The normalized spacial score (nSPS) is 15.3. The minimum atomic E-state index is -0.768. The summed E-state index contributed by atoms with van der Waals surface area (Å²) in [6, 6.07) is 13.8. The Morgan fingerprint density at radius 3 is 2.27 bits per heavy atom. The van der Waals surface area contributed by atoms with Crippen LogP contribution >= 0.6 is 0 Å². The maximum atomic E-state index is 13.1. The van der Waals surface area contributed by atoms with E-state index in [1.807, 2.05) is 30.3 Å². The molecule has 3 amide bonds. The van der Waals surface area contributed by atoms with Crippen molar-refractivity contribution in [2.45, 2.75) is 38.3 Å². The first-order valence-electron chi connectivity index (χ1n) is 10.1. The molecular weight excluding hydrogens is 385 g/mol. The van der Waals surface area contributed by atoms with Crippen molar-refractivity contribution in [1.29, 1.82) is 0 Å². The van der Waals surface area contributed by atoms with E-state index in [2.05, 4.69) is 10.6 Å². The molecular formula is C23H26FN3O3. The average molecular weight is 411 g/mol. The van der Waals surface area contributed by atoms with Crippen molar-refractivity contribution in [2.24, 2.45) is 0 Å². The van der Waals surface area contributed by atoms with Crippen LogP contribution in [-0.2, 0) is 16.0 Å². The van der Waals surface area contributed by atoms with Crippen LogP contribution in [0.2, 0.25) is 0 Å². The minimum Gasteiger partial charge on any atom is -0.351 e. The summed E-state index contributed by atoms with van der Waals surface area (Å²) in [6.45, 7) is 2.75. The number of carbonyl (C=O) groups excluding carboxylic acids is 3. The van der Waals surface area contributed by atoms with Gasteiger partial charge in [0.1, 0.15) is 11.9 Å². The lowest BCUT2D eigenvalue weighted by Gasteiger charge is -2.32. The zero-order chi connectivity index (χ0) is 21.5. The molecule has 7 heteroatoms. The number of nitrogens with zero attached hydrogens (tertiary/aromatic N) is 1. The number of carbonyl (C=O) groups is 3. The molecule has 158 valence electrons. The molecule has 1 saturated heterocycles. The number of likely N-dealkylation sites (tertiary alicyclic amines) is 1. The standard InChI is InChI=1S/C23H26FN3O3/c1-16(28)27-13-11-20(12-14-27)25-23(30)21(15-17-5-3-2-4-6-17)26-22(29)18-7-9-19(24)10-8-18/h2-10,20-21H,11-15H2,1H3,(H,25,30)(H,26,29)/t21-/m0/s1. The highest BCUT2D eigenvalue weighted by Gasteiger charge is 2.27. The Morgan fingerprint density at radius 2 is 1.67 bits per heavy atom. The van der Waals surface area contributed by atoms with E-state index in [0.29, 0.717) is 32.4 Å². The summed E-state index contributed by atoms with van der Waals surface area (Å²) in [4.78, 5) is 38.8. The van der Waals surface area contributed by atoms with Crippen molar-refractivity contribution in [2.75, 3.05) is 13.1 Å². The average Bonchev–Trinajstić information content (AvgIpc) is 2.74. The van der Waals surface area contributed by atoms with E-state index in [-0.39, 0.29) is 23.4 Å². The van der Waals surface area contributed by atoms with Crippen LogP contribution in [0.25, 0.3) is 0 Å². The number of amides is 3. The summed E-state index contributed by atoms with van der Waals surface area (Å²) >= 11 is 0. The number of halogens is 1. The molecule has 1 aliphatic heterocycles. The van der Waals surface area contributed by atoms with Gasteiger partial charge in [-0.15, -0.1) is 0 Å². The van der Waals surface area contributed by atoms with Gasteiger partial charge in [0.15, 0.2) is 0 Å². The SMILES string of the molecule is CC(=O)N1CCC(NC(=O)[C@H](Cc2ccccc2)NC(=O)c2ccc(F)cc2)CC1. The van der Waals surface area contributed by atoms with Gasteiger partial charge in [-0.05, 0) is 42.7 Å². The molecule has 2 aromatic carbocycles. The second kappa shape index (κ2) is 10.0. The second-order valence-corrected chi connectivity index (χ2v) is 7.51. The summed E-state index contributed by atoms with van der Waals surface area (Å²) in [5.41, 5.74) is 1.21. The number of hydrogen-bond acceptors (Lipinski definition) is 3. The Bertz CT molecular complexity index is 878. The van der Waals surface area contributed by atoms with Gasteiger partial charge in [0.05, 0.1) is 0 Å². The molecule has 1 fully saturated rings. The second-order valence-electron chi connectivity index (χ2n) is 7.51. The van der Waals surface area contributed by atoms with E-state index in [9.17, 15) is 18.8 Å². The van der Waals surface area contributed by atoms with E-state index in [1.165, 1.54) is 24.3 Å². The molecule has 6 nitrogen and oxygen atoms in total. The molecule has 1 aliphatic rings. The summed E-state index contributed by atoms with van der Waals surface area (Å²) in [5, 5.41) is 5.79. The number of piperidine rings is 1. The third-order valence-corrected chi connectivity index (χ3v) is 5.30. The Labute approximate surface area is 175 Å². The smallest absolute Gasteiger partial charge is 0.251 e. The lowest BCUT2D eigenvalue weighted by molar-refractivity contribution is -0.130. The highest BCUT2D eigenvalue weighted by Crippen LogP contribution is 2.12. The lowest BCUT2D eigenvalue weighted by Crippen LogP contribution is -2.53. The van der Waals surface area contributed by atoms with Crippen molar-refractivity contribution < 1.29 is 18.8 Å². The van der Waals surface area contributed by atoms with Gasteiger partial charge >= 0.3 is 0 Å². The van der Waals surface area contributed by atoms with Crippen molar-refractivity contribution in [3.8, 4) is 0 Å². The minimum absolute atomic E-state index is 0.0355. The predicted octanol–water partition coefficient (Wildman–Crippen LogP) is 2.29. The highest BCUT2D eigenvalue weighted by atomic mass is 19.1. The molecule has 1 heterocycles. The fourth-order valence-corrected chi connectivity index (χ4v) is 3.54. The van der Waals surface area contributed by atoms with Crippen LogP contribution in [0.5, 0.6) is 0 Å². The van der Waals surface area contributed by atoms with Gasteiger partial charge < -0.3 is 15.5 Å². The fourth-order valence-electron chi connectivity index (χ4n) is 3.54. The number of nitrogens with one attached hydrogen (secondary N) is 2. The van der Waals surface area contributed by atoms with E-state index in [0.717, 1.165) is 5.56 Å². The molecule has 30 heavy (non-hydrogen) atoms.